The number of nitrogens with zero attached hydrogens (tertiary/aromatic N) is 1. The van der Waals surface area contributed by atoms with E-state index in [-0.39, 0.29) is 5.91 Å². The van der Waals surface area contributed by atoms with Crippen molar-refractivity contribution in [3.05, 3.63) is 34.3 Å². The van der Waals surface area contributed by atoms with Gasteiger partial charge in [0.2, 0.25) is 5.91 Å². The van der Waals surface area contributed by atoms with Gasteiger partial charge in [-0.3, -0.25) is 4.79 Å². The quantitative estimate of drug-likeness (QED) is 0.903. The minimum absolute atomic E-state index is 0.00868. The molecule has 0 bridgehead atoms. The molecule has 1 aromatic rings. The maximum atomic E-state index is 12.8. The van der Waals surface area contributed by atoms with Crippen LogP contribution in [-0.2, 0) is 15.1 Å². The van der Waals surface area contributed by atoms with Gasteiger partial charge < -0.3 is 15.4 Å². The second-order valence-corrected chi connectivity index (χ2v) is 6.84. The van der Waals surface area contributed by atoms with Gasteiger partial charge in [0.15, 0.2) is 0 Å². The van der Waals surface area contributed by atoms with E-state index >= 15 is 0 Å². The third-order valence-corrected chi connectivity index (χ3v) is 4.63. The fourth-order valence-corrected chi connectivity index (χ4v) is 3.13. The number of carbonyl (C=O) groups excluding carboxylic acids is 1. The smallest absolute Gasteiger partial charge is 0.246 e. The van der Waals surface area contributed by atoms with Crippen LogP contribution in [-0.4, -0.2) is 37.6 Å². The first-order chi connectivity index (χ1) is 9.95. The standard InChI is InChI=1S/C16H23BrN2O2/c1-16(18,13-5-7-14(17)8-6-13)15(20)19-9-3-4-12(10-19)11-21-2/h5-8,12H,3-4,9-11,18H2,1-2H3. The van der Waals surface area contributed by atoms with Gasteiger partial charge in [0.05, 0.1) is 6.61 Å². The molecule has 4 nitrogen and oxygen atoms in total. The van der Waals surface area contributed by atoms with Crippen molar-refractivity contribution in [1.29, 1.82) is 0 Å². The van der Waals surface area contributed by atoms with Crippen molar-refractivity contribution < 1.29 is 9.53 Å². The first-order valence-electron chi connectivity index (χ1n) is 7.28. The van der Waals surface area contributed by atoms with Crippen LogP contribution in [0.25, 0.3) is 0 Å². The Bertz CT molecular complexity index is 486. The number of halogens is 1. The Morgan fingerprint density at radius 3 is 2.76 bits per heavy atom. The number of carbonyl (C=O) groups is 1. The molecule has 1 fully saturated rings. The first-order valence-corrected chi connectivity index (χ1v) is 8.07. The molecule has 0 saturated carbocycles. The number of ether oxygens (including phenoxy) is 1. The molecule has 0 aromatic heterocycles. The van der Waals surface area contributed by atoms with Crippen molar-refractivity contribution >= 4 is 21.8 Å². The fourth-order valence-electron chi connectivity index (χ4n) is 2.87. The van der Waals surface area contributed by atoms with Crippen LogP contribution in [0.5, 0.6) is 0 Å². The van der Waals surface area contributed by atoms with Gasteiger partial charge in [-0.25, -0.2) is 0 Å². The largest absolute Gasteiger partial charge is 0.384 e. The van der Waals surface area contributed by atoms with E-state index in [1.54, 1.807) is 14.0 Å². The average molecular weight is 355 g/mol. The van der Waals surface area contributed by atoms with Crippen LogP contribution in [0.4, 0.5) is 0 Å². The number of hydrogen-bond acceptors (Lipinski definition) is 3. The lowest BCUT2D eigenvalue weighted by Gasteiger charge is -2.37. The molecule has 0 radical (unpaired) electrons. The van der Waals surface area contributed by atoms with E-state index in [9.17, 15) is 4.79 Å². The van der Waals surface area contributed by atoms with Crippen molar-refractivity contribution in [2.24, 2.45) is 11.7 Å². The van der Waals surface area contributed by atoms with Crippen LogP contribution in [0.3, 0.4) is 0 Å². The van der Waals surface area contributed by atoms with E-state index in [4.69, 9.17) is 10.5 Å². The summed E-state index contributed by atoms with van der Waals surface area (Å²) in [5.41, 5.74) is 6.19. The van der Waals surface area contributed by atoms with Crippen LogP contribution in [0.1, 0.15) is 25.3 Å². The normalized spacial score (nSPS) is 21.9. The SMILES string of the molecule is COCC1CCCN(C(=O)C(C)(N)c2ccc(Br)cc2)C1. The van der Waals surface area contributed by atoms with Gasteiger partial charge in [-0.2, -0.15) is 0 Å². The molecule has 0 aliphatic carbocycles. The zero-order chi connectivity index (χ0) is 15.5. The number of hydrogen-bond donors (Lipinski definition) is 1. The molecule has 116 valence electrons. The number of likely N-dealkylation sites (tertiary alicyclic amines) is 1. The summed E-state index contributed by atoms with van der Waals surface area (Å²) in [5, 5.41) is 0. The Kier molecular flexibility index (Phi) is 5.41. The highest BCUT2D eigenvalue weighted by atomic mass is 79.9. The van der Waals surface area contributed by atoms with Crippen LogP contribution in [0, 0.1) is 5.92 Å². The summed E-state index contributed by atoms with van der Waals surface area (Å²) in [6, 6.07) is 7.63. The molecular weight excluding hydrogens is 332 g/mol. The molecule has 1 heterocycles. The van der Waals surface area contributed by atoms with E-state index in [1.807, 2.05) is 29.2 Å². The Labute approximate surface area is 134 Å². The van der Waals surface area contributed by atoms with Gasteiger partial charge in [-0.1, -0.05) is 28.1 Å². The predicted molar refractivity (Wildman–Crippen MR) is 86.9 cm³/mol. The number of piperidine rings is 1. The van der Waals surface area contributed by atoms with Gasteiger partial charge in [-0.15, -0.1) is 0 Å². The van der Waals surface area contributed by atoms with Crippen LogP contribution in [0.15, 0.2) is 28.7 Å². The highest BCUT2D eigenvalue weighted by molar-refractivity contribution is 9.10. The monoisotopic (exact) mass is 354 g/mol. The number of benzene rings is 1. The molecule has 1 aromatic carbocycles. The molecule has 5 heteroatoms. The lowest BCUT2D eigenvalue weighted by atomic mass is 9.89. The second-order valence-electron chi connectivity index (χ2n) is 5.92. The van der Waals surface area contributed by atoms with Crippen molar-refractivity contribution in [1.82, 2.24) is 4.90 Å². The van der Waals surface area contributed by atoms with E-state index in [1.165, 1.54) is 0 Å². The maximum Gasteiger partial charge on any atom is 0.246 e. The third kappa shape index (κ3) is 3.84. The fraction of sp³-hybridized carbons (Fsp3) is 0.562. The summed E-state index contributed by atoms with van der Waals surface area (Å²) in [6.07, 6.45) is 2.12. The van der Waals surface area contributed by atoms with Gasteiger partial charge in [0.25, 0.3) is 0 Å². The summed E-state index contributed by atoms with van der Waals surface area (Å²) in [4.78, 5) is 14.7. The molecule has 1 amide bonds. The number of nitrogens with two attached hydrogens (primary N) is 1. The van der Waals surface area contributed by atoms with Crippen LogP contribution in [0.2, 0.25) is 0 Å². The Hall–Kier alpha value is -0.910. The highest BCUT2D eigenvalue weighted by Gasteiger charge is 2.36. The summed E-state index contributed by atoms with van der Waals surface area (Å²) in [7, 11) is 1.70. The summed E-state index contributed by atoms with van der Waals surface area (Å²) in [6.45, 7) is 4.00. The molecule has 2 N–H and O–H groups in total. The minimum Gasteiger partial charge on any atom is -0.384 e. The van der Waals surface area contributed by atoms with E-state index < -0.39 is 5.54 Å². The Morgan fingerprint density at radius 1 is 1.48 bits per heavy atom. The van der Waals surface area contributed by atoms with Crippen LogP contribution < -0.4 is 5.73 Å². The Morgan fingerprint density at radius 2 is 2.14 bits per heavy atom. The molecular formula is C16H23BrN2O2. The third-order valence-electron chi connectivity index (χ3n) is 4.10. The van der Waals surface area contributed by atoms with Crippen molar-refractivity contribution in [3.63, 3.8) is 0 Å². The van der Waals surface area contributed by atoms with Gasteiger partial charge >= 0.3 is 0 Å². The van der Waals surface area contributed by atoms with Crippen molar-refractivity contribution in [2.45, 2.75) is 25.3 Å². The van der Waals surface area contributed by atoms with Crippen molar-refractivity contribution in [2.75, 3.05) is 26.8 Å². The predicted octanol–water partition coefficient (Wildman–Crippen LogP) is 2.51. The highest BCUT2D eigenvalue weighted by Crippen LogP contribution is 2.25. The number of amides is 1. The maximum absolute atomic E-state index is 12.8. The van der Waals surface area contributed by atoms with Gasteiger partial charge in [-0.05, 0) is 43.4 Å². The van der Waals surface area contributed by atoms with Gasteiger partial charge in [0.1, 0.15) is 5.54 Å². The molecule has 1 aliphatic heterocycles. The molecule has 2 unspecified atom stereocenters. The van der Waals surface area contributed by atoms with E-state index in [2.05, 4.69) is 15.9 Å². The summed E-state index contributed by atoms with van der Waals surface area (Å²) in [5.74, 6) is 0.402. The number of rotatable bonds is 4. The molecule has 1 saturated heterocycles. The zero-order valence-corrected chi connectivity index (χ0v) is 14.2. The molecule has 2 rings (SSSR count). The zero-order valence-electron chi connectivity index (χ0n) is 12.6. The Balaban J connectivity index is 2.11. The van der Waals surface area contributed by atoms with Crippen molar-refractivity contribution in [3.8, 4) is 0 Å². The van der Waals surface area contributed by atoms with Crippen LogP contribution >= 0.6 is 15.9 Å². The molecule has 2 atom stereocenters. The first kappa shape index (κ1) is 16.5. The number of methoxy groups -OCH3 is 1. The lowest BCUT2D eigenvalue weighted by Crippen LogP contribution is -2.53. The molecule has 21 heavy (non-hydrogen) atoms. The summed E-state index contributed by atoms with van der Waals surface area (Å²) >= 11 is 3.40. The molecule has 1 aliphatic rings. The van der Waals surface area contributed by atoms with E-state index in [0.29, 0.717) is 12.5 Å². The van der Waals surface area contributed by atoms with E-state index in [0.717, 1.165) is 36.0 Å². The summed E-state index contributed by atoms with van der Waals surface area (Å²) < 4.78 is 6.20. The lowest BCUT2D eigenvalue weighted by molar-refractivity contribution is -0.139. The average Bonchev–Trinajstić information content (AvgIpc) is 2.47. The second kappa shape index (κ2) is 6.90. The topological polar surface area (TPSA) is 55.6 Å². The van der Waals surface area contributed by atoms with Gasteiger partial charge in [0, 0.05) is 24.7 Å². The molecule has 0 spiro atoms. The minimum atomic E-state index is -0.990.